The van der Waals surface area contributed by atoms with Crippen LogP contribution in [-0.4, -0.2) is 18.3 Å². The normalized spacial score (nSPS) is 25.1. The largest absolute Gasteiger partial charge is 0.490 e. The van der Waals surface area contributed by atoms with E-state index in [-0.39, 0.29) is 11.7 Å². The summed E-state index contributed by atoms with van der Waals surface area (Å²) >= 11 is 9.51. The molecule has 19 heavy (non-hydrogen) atoms. The van der Waals surface area contributed by atoms with Crippen LogP contribution < -0.4 is 4.74 Å². The Morgan fingerprint density at radius 3 is 2.95 bits per heavy atom. The minimum absolute atomic E-state index is 0.129. The highest BCUT2D eigenvalue weighted by Gasteiger charge is 2.43. The highest BCUT2D eigenvalue weighted by Crippen LogP contribution is 2.43. The highest BCUT2D eigenvalue weighted by atomic mass is 79.9. The number of hydrogen-bond acceptors (Lipinski definition) is 2. The molecule has 2 aliphatic rings. The quantitative estimate of drug-likeness (QED) is 0.738. The summed E-state index contributed by atoms with van der Waals surface area (Å²) in [5, 5.41) is 1.52. The molecule has 2 nitrogen and oxygen atoms in total. The van der Waals surface area contributed by atoms with Gasteiger partial charge in [0.25, 0.3) is 0 Å². The van der Waals surface area contributed by atoms with Gasteiger partial charge in [-0.25, -0.2) is 0 Å². The van der Waals surface area contributed by atoms with Crippen LogP contribution in [0.1, 0.15) is 37.7 Å². The molecule has 1 unspecified atom stereocenters. The number of benzene rings is 1. The SMILES string of the molecule is Clc1ccc(OC2CCOC3(CCC3)C2)c(CBr)c1. The number of rotatable bonds is 3. The number of ether oxygens (including phenoxy) is 2. The standard InChI is InChI=1S/C15H18BrClO2/c16-10-11-8-12(17)2-3-14(11)19-13-4-7-18-15(9-13)5-1-6-15/h2-3,8,13H,1,4-7,9-10H2. The van der Waals surface area contributed by atoms with Gasteiger partial charge in [-0.3, -0.25) is 0 Å². The Bertz CT molecular complexity index is 459. The van der Waals surface area contributed by atoms with Gasteiger partial charge in [0.05, 0.1) is 12.2 Å². The molecule has 1 aromatic rings. The van der Waals surface area contributed by atoms with Crippen molar-refractivity contribution in [3.63, 3.8) is 0 Å². The lowest BCUT2D eigenvalue weighted by atomic mass is 9.74. The minimum atomic E-state index is 0.129. The van der Waals surface area contributed by atoms with Gasteiger partial charge in [0.2, 0.25) is 0 Å². The van der Waals surface area contributed by atoms with Gasteiger partial charge in [0.1, 0.15) is 11.9 Å². The maximum atomic E-state index is 6.19. The summed E-state index contributed by atoms with van der Waals surface area (Å²) in [6, 6.07) is 5.83. The van der Waals surface area contributed by atoms with Gasteiger partial charge in [-0.2, -0.15) is 0 Å². The molecule has 0 aromatic heterocycles. The van der Waals surface area contributed by atoms with E-state index in [1.807, 2.05) is 18.2 Å². The third kappa shape index (κ3) is 2.93. The van der Waals surface area contributed by atoms with E-state index in [1.165, 1.54) is 19.3 Å². The molecule has 104 valence electrons. The van der Waals surface area contributed by atoms with Crippen LogP contribution in [0, 0.1) is 0 Å². The summed E-state index contributed by atoms with van der Waals surface area (Å²) < 4.78 is 12.1. The highest BCUT2D eigenvalue weighted by molar-refractivity contribution is 9.08. The molecule has 1 aromatic carbocycles. The Labute approximate surface area is 127 Å². The summed E-state index contributed by atoms with van der Waals surface area (Å²) in [5.41, 5.74) is 1.24. The topological polar surface area (TPSA) is 18.5 Å². The lowest BCUT2D eigenvalue weighted by molar-refractivity contribution is -0.153. The molecule has 1 saturated heterocycles. The number of alkyl halides is 1. The van der Waals surface area contributed by atoms with E-state index in [0.29, 0.717) is 0 Å². The van der Waals surface area contributed by atoms with Crippen molar-refractivity contribution in [1.29, 1.82) is 0 Å². The fraction of sp³-hybridized carbons (Fsp3) is 0.600. The van der Waals surface area contributed by atoms with Gasteiger partial charge in [-0.1, -0.05) is 27.5 Å². The second kappa shape index (κ2) is 5.63. The minimum Gasteiger partial charge on any atom is -0.490 e. The first-order valence-corrected chi connectivity index (χ1v) is 8.36. The zero-order chi connectivity index (χ0) is 13.3. The van der Waals surface area contributed by atoms with Crippen molar-refractivity contribution in [2.75, 3.05) is 6.61 Å². The Morgan fingerprint density at radius 1 is 1.42 bits per heavy atom. The molecule has 0 amide bonds. The maximum absolute atomic E-state index is 6.19. The third-order valence-corrected chi connectivity index (χ3v) is 5.01. The lowest BCUT2D eigenvalue weighted by Crippen LogP contribution is -2.48. The van der Waals surface area contributed by atoms with Crippen LogP contribution in [0.5, 0.6) is 5.75 Å². The first-order chi connectivity index (χ1) is 9.21. The fourth-order valence-electron chi connectivity index (χ4n) is 2.95. The van der Waals surface area contributed by atoms with Crippen LogP contribution >= 0.6 is 27.5 Å². The van der Waals surface area contributed by atoms with E-state index in [2.05, 4.69) is 15.9 Å². The monoisotopic (exact) mass is 344 g/mol. The molecular formula is C15H18BrClO2. The second-order valence-electron chi connectivity index (χ2n) is 5.50. The summed E-state index contributed by atoms with van der Waals surface area (Å²) in [7, 11) is 0. The third-order valence-electron chi connectivity index (χ3n) is 4.17. The van der Waals surface area contributed by atoms with Crippen LogP contribution in [0.15, 0.2) is 18.2 Å². The molecule has 0 radical (unpaired) electrons. The molecule has 1 heterocycles. The molecule has 1 spiro atoms. The van der Waals surface area contributed by atoms with Gasteiger partial charge in [0, 0.05) is 28.8 Å². The molecule has 3 rings (SSSR count). The number of halogens is 2. The second-order valence-corrected chi connectivity index (χ2v) is 6.50. The molecule has 1 saturated carbocycles. The molecule has 1 aliphatic carbocycles. The van der Waals surface area contributed by atoms with Crippen molar-refractivity contribution in [3.05, 3.63) is 28.8 Å². The first-order valence-electron chi connectivity index (χ1n) is 6.86. The summed E-state index contributed by atoms with van der Waals surface area (Å²) in [4.78, 5) is 0. The first kappa shape index (κ1) is 13.7. The van der Waals surface area contributed by atoms with Crippen molar-refractivity contribution in [2.24, 2.45) is 0 Å². The van der Waals surface area contributed by atoms with Gasteiger partial charge in [0.15, 0.2) is 0 Å². The predicted octanol–water partition coefficient (Wildman–Crippen LogP) is 4.72. The zero-order valence-corrected chi connectivity index (χ0v) is 13.2. The van der Waals surface area contributed by atoms with Gasteiger partial charge in [-0.05, 0) is 37.5 Å². The van der Waals surface area contributed by atoms with Crippen molar-refractivity contribution in [2.45, 2.75) is 49.1 Å². The predicted molar refractivity (Wildman–Crippen MR) is 80.3 cm³/mol. The van der Waals surface area contributed by atoms with E-state index >= 15 is 0 Å². The lowest BCUT2D eigenvalue weighted by Gasteiger charge is -2.47. The van der Waals surface area contributed by atoms with Crippen molar-refractivity contribution >= 4 is 27.5 Å². The Morgan fingerprint density at radius 2 is 2.26 bits per heavy atom. The summed E-state index contributed by atoms with van der Waals surface area (Å²) in [5.74, 6) is 0.947. The molecule has 0 N–H and O–H groups in total. The molecular weight excluding hydrogens is 328 g/mol. The zero-order valence-electron chi connectivity index (χ0n) is 10.8. The van der Waals surface area contributed by atoms with Crippen LogP contribution in [0.25, 0.3) is 0 Å². The molecule has 4 heteroatoms. The Balaban J connectivity index is 1.70. The summed E-state index contributed by atoms with van der Waals surface area (Å²) in [6.45, 7) is 0.821. The van der Waals surface area contributed by atoms with E-state index in [4.69, 9.17) is 21.1 Å². The molecule has 2 fully saturated rings. The number of hydrogen-bond donors (Lipinski definition) is 0. The molecule has 1 atom stereocenters. The van der Waals surface area contributed by atoms with Crippen LogP contribution in [0.2, 0.25) is 5.02 Å². The fourth-order valence-corrected chi connectivity index (χ4v) is 3.58. The molecule has 0 bridgehead atoms. The van der Waals surface area contributed by atoms with Crippen LogP contribution in [0.4, 0.5) is 0 Å². The van der Waals surface area contributed by atoms with E-state index in [9.17, 15) is 0 Å². The summed E-state index contributed by atoms with van der Waals surface area (Å²) in [6.07, 6.45) is 5.95. The van der Waals surface area contributed by atoms with E-state index in [0.717, 1.165) is 41.1 Å². The Kier molecular flexibility index (Phi) is 4.06. The van der Waals surface area contributed by atoms with Gasteiger partial charge < -0.3 is 9.47 Å². The Hall–Kier alpha value is -0.250. The van der Waals surface area contributed by atoms with Crippen molar-refractivity contribution in [1.82, 2.24) is 0 Å². The smallest absolute Gasteiger partial charge is 0.123 e. The van der Waals surface area contributed by atoms with Crippen molar-refractivity contribution < 1.29 is 9.47 Å². The average Bonchev–Trinajstić information content (AvgIpc) is 2.39. The average molecular weight is 346 g/mol. The van der Waals surface area contributed by atoms with E-state index in [1.54, 1.807) is 0 Å². The van der Waals surface area contributed by atoms with Crippen molar-refractivity contribution in [3.8, 4) is 5.75 Å². The van der Waals surface area contributed by atoms with Crippen LogP contribution in [0.3, 0.4) is 0 Å². The van der Waals surface area contributed by atoms with Gasteiger partial charge in [-0.15, -0.1) is 0 Å². The van der Waals surface area contributed by atoms with Crippen LogP contribution in [-0.2, 0) is 10.1 Å². The van der Waals surface area contributed by atoms with E-state index < -0.39 is 0 Å². The van der Waals surface area contributed by atoms with Gasteiger partial charge >= 0.3 is 0 Å². The molecule has 1 aliphatic heterocycles. The maximum Gasteiger partial charge on any atom is 0.123 e.